The van der Waals surface area contributed by atoms with Crippen molar-refractivity contribution >= 4 is 61.0 Å². The summed E-state index contributed by atoms with van der Waals surface area (Å²) in [6, 6.07) is 6.02. The second kappa shape index (κ2) is 6.00. The highest BCUT2D eigenvalue weighted by molar-refractivity contribution is 9.10. The van der Waals surface area contributed by atoms with E-state index in [9.17, 15) is 4.79 Å². The van der Waals surface area contributed by atoms with Gasteiger partial charge in [-0.3, -0.25) is 10.1 Å². The SMILES string of the molecule is Cc1ccc(-c2nc(NC(=O)c3sccc3Br)sc2C)s1. The van der Waals surface area contributed by atoms with Crippen LogP contribution in [-0.2, 0) is 0 Å². The van der Waals surface area contributed by atoms with E-state index in [1.54, 1.807) is 11.3 Å². The highest BCUT2D eigenvalue weighted by atomic mass is 79.9. The molecule has 0 unspecified atom stereocenters. The lowest BCUT2D eigenvalue weighted by molar-refractivity contribution is 0.103. The smallest absolute Gasteiger partial charge is 0.268 e. The zero-order chi connectivity index (χ0) is 15.0. The molecule has 0 aliphatic carbocycles. The first-order valence-electron chi connectivity index (χ1n) is 6.13. The van der Waals surface area contributed by atoms with Crippen molar-refractivity contribution in [3.8, 4) is 10.6 Å². The Labute approximate surface area is 142 Å². The number of carbonyl (C=O) groups is 1. The summed E-state index contributed by atoms with van der Waals surface area (Å²) >= 11 is 8.00. The fourth-order valence-corrected chi connectivity index (χ4v) is 5.10. The normalized spacial score (nSPS) is 10.8. The van der Waals surface area contributed by atoms with Crippen LogP contribution in [0.3, 0.4) is 0 Å². The maximum absolute atomic E-state index is 12.2. The summed E-state index contributed by atoms with van der Waals surface area (Å²) in [4.78, 5) is 20.9. The molecule has 0 aliphatic heterocycles. The molecule has 0 bridgehead atoms. The minimum atomic E-state index is -0.125. The van der Waals surface area contributed by atoms with Gasteiger partial charge in [0.15, 0.2) is 5.13 Å². The maximum Gasteiger partial charge on any atom is 0.268 e. The molecule has 3 aromatic rings. The Morgan fingerprint density at radius 2 is 2.05 bits per heavy atom. The van der Waals surface area contributed by atoms with E-state index in [2.05, 4.69) is 45.3 Å². The summed E-state index contributed by atoms with van der Waals surface area (Å²) in [5, 5.41) is 5.40. The van der Waals surface area contributed by atoms with E-state index in [4.69, 9.17) is 0 Å². The van der Waals surface area contributed by atoms with E-state index in [0.29, 0.717) is 10.0 Å². The number of nitrogens with one attached hydrogen (secondary N) is 1. The summed E-state index contributed by atoms with van der Waals surface area (Å²) in [5.41, 5.74) is 0.957. The molecule has 0 saturated carbocycles. The van der Waals surface area contributed by atoms with Gasteiger partial charge in [-0.25, -0.2) is 4.98 Å². The van der Waals surface area contributed by atoms with Crippen LogP contribution in [-0.4, -0.2) is 10.9 Å². The highest BCUT2D eigenvalue weighted by Crippen LogP contribution is 2.35. The average Bonchev–Trinajstić information content (AvgIpc) is 3.10. The lowest BCUT2D eigenvalue weighted by Crippen LogP contribution is -2.10. The number of nitrogens with zero attached hydrogens (tertiary/aromatic N) is 1. The summed E-state index contributed by atoms with van der Waals surface area (Å²) in [5.74, 6) is -0.125. The molecule has 3 rings (SSSR count). The van der Waals surface area contributed by atoms with Crippen molar-refractivity contribution in [1.82, 2.24) is 4.98 Å². The Balaban J connectivity index is 1.85. The molecule has 3 aromatic heterocycles. The largest absolute Gasteiger partial charge is 0.297 e. The molecule has 0 saturated heterocycles. The van der Waals surface area contributed by atoms with Crippen molar-refractivity contribution in [1.29, 1.82) is 0 Å². The highest BCUT2D eigenvalue weighted by Gasteiger charge is 2.16. The Bertz CT molecular complexity index is 803. The number of hydrogen-bond donors (Lipinski definition) is 1. The third-order valence-corrected chi connectivity index (χ3v) is 6.54. The summed E-state index contributed by atoms with van der Waals surface area (Å²) < 4.78 is 0.812. The first kappa shape index (κ1) is 14.9. The van der Waals surface area contributed by atoms with Crippen molar-refractivity contribution < 1.29 is 4.79 Å². The molecule has 0 aromatic carbocycles. The molecule has 21 heavy (non-hydrogen) atoms. The fourth-order valence-electron chi connectivity index (χ4n) is 1.85. The first-order valence-corrected chi connectivity index (χ1v) is 9.43. The predicted molar refractivity (Wildman–Crippen MR) is 94.9 cm³/mol. The van der Waals surface area contributed by atoms with Crippen molar-refractivity contribution in [2.45, 2.75) is 13.8 Å². The number of thiazole rings is 1. The Kier molecular flexibility index (Phi) is 4.26. The predicted octanol–water partition coefficient (Wildman–Crippen LogP) is 5.56. The van der Waals surface area contributed by atoms with E-state index >= 15 is 0 Å². The van der Waals surface area contributed by atoms with Crippen LogP contribution in [0.1, 0.15) is 19.4 Å². The van der Waals surface area contributed by atoms with Crippen molar-refractivity contribution in [2.75, 3.05) is 5.32 Å². The quantitative estimate of drug-likeness (QED) is 0.626. The standard InChI is InChI=1S/C14H11BrN2OS3/c1-7-3-4-10(20-7)11-8(2)21-14(16-11)17-13(18)12-9(15)5-6-19-12/h3-6H,1-2H3,(H,16,17,18). The van der Waals surface area contributed by atoms with Gasteiger partial charge in [0.2, 0.25) is 0 Å². The van der Waals surface area contributed by atoms with Crippen LogP contribution < -0.4 is 5.32 Å². The number of aryl methyl sites for hydroxylation is 2. The topological polar surface area (TPSA) is 42.0 Å². The molecule has 1 amide bonds. The zero-order valence-electron chi connectivity index (χ0n) is 11.3. The number of thiophene rings is 2. The monoisotopic (exact) mass is 398 g/mol. The van der Waals surface area contributed by atoms with Gasteiger partial charge in [0.1, 0.15) is 4.88 Å². The minimum absolute atomic E-state index is 0.125. The van der Waals surface area contributed by atoms with Crippen LogP contribution in [0.15, 0.2) is 28.1 Å². The Hall–Kier alpha value is -1.02. The maximum atomic E-state index is 12.2. The van der Waals surface area contributed by atoms with Crippen molar-refractivity contribution in [3.63, 3.8) is 0 Å². The number of rotatable bonds is 3. The second-order valence-electron chi connectivity index (χ2n) is 4.39. The Morgan fingerprint density at radius 3 is 2.67 bits per heavy atom. The molecular weight excluding hydrogens is 388 g/mol. The van der Waals surface area contributed by atoms with Gasteiger partial charge in [-0.2, -0.15) is 0 Å². The molecule has 0 fully saturated rings. The van der Waals surface area contributed by atoms with E-state index in [1.807, 2.05) is 18.4 Å². The number of amides is 1. The van der Waals surface area contributed by atoms with Gasteiger partial charge in [0, 0.05) is 14.2 Å². The molecule has 1 N–H and O–H groups in total. The third-order valence-electron chi connectivity index (χ3n) is 2.81. The van der Waals surface area contributed by atoms with Crippen LogP contribution in [0, 0.1) is 13.8 Å². The van der Waals surface area contributed by atoms with Crippen LogP contribution in [0.4, 0.5) is 5.13 Å². The van der Waals surface area contributed by atoms with Crippen molar-refractivity contribution in [2.24, 2.45) is 0 Å². The number of halogens is 1. The molecule has 0 radical (unpaired) electrons. The molecule has 7 heteroatoms. The molecule has 0 aliphatic rings. The molecule has 108 valence electrons. The van der Waals surface area contributed by atoms with Gasteiger partial charge in [0.25, 0.3) is 5.91 Å². The van der Waals surface area contributed by atoms with Gasteiger partial charge in [-0.1, -0.05) is 0 Å². The van der Waals surface area contributed by atoms with Crippen LogP contribution in [0.2, 0.25) is 0 Å². The van der Waals surface area contributed by atoms with Crippen LogP contribution in [0.5, 0.6) is 0 Å². The second-order valence-corrected chi connectivity index (χ2v) is 8.65. The van der Waals surface area contributed by atoms with Crippen LogP contribution in [0.25, 0.3) is 10.6 Å². The molecular formula is C14H11BrN2OS3. The van der Waals surface area contributed by atoms with Gasteiger partial charge in [0.05, 0.1) is 10.6 Å². The number of aromatic nitrogens is 1. The summed E-state index contributed by atoms with van der Waals surface area (Å²) in [7, 11) is 0. The number of anilines is 1. The number of hydrogen-bond acceptors (Lipinski definition) is 5. The first-order chi connectivity index (χ1) is 10.0. The van der Waals surface area contributed by atoms with E-state index < -0.39 is 0 Å². The van der Waals surface area contributed by atoms with Gasteiger partial charge < -0.3 is 0 Å². The lowest BCUT2D eigenvalue weighted by atomic mass is 10.3. The number of carbonyl (C=O) groups excluding carboxylic acids is 1. The van der Waals surface area contributed by atoms with Crippen molar-refractivity contribution in [3.05, 3.63) is 42.7 Å². The molecule has 0 atom stereocenters. The lowest BCUT2D eigenvalue weighted by Gasteiger charge is -1.99. The van der Waals surface area contributed by atoms with E-state index in [-0.39, 0.29) is 5.91 Å². The van der Waals surface area contributed by atoms with Gasteiger partial charge in [-0.15, -0.1) is 34.0 Å². The third kappa shape index (κ3) is 3.11. The molecule has 0 spiro atoms. The summed E-state index contributed by atoms with van der Waals surface area (Å²) in [6.45, 7) is 4.10. The fraction of sp³-hybridized carbons (Fsp3) is 0.143. The van der Waals surface area contributed by atoms with E-state index in [1.165, 1.54) is 27.6 Å². The zero-order valence-corrected chi connectivity index (χ0v) is 15.3. The van der Waals surface area contributed by atoms with Gasteiger partial charge >= 0.3 is 0 Å². The van der Waals surface area contributed by atoms with E-state index in [0.717, 1.165) is 19.9 Å². The van der Waals surface area contributed by atoms with Crippen LogP contribution >= 0.6 is 49.9 Å². The van der Waals surface area contributed by atoms with Gasteiger partial charge in [-0.05, 0) is 53.4 Å². The average molecular weight is 399 g/mol. The molecule has 3 heterocycles. The Morgan fingerprint density at radius 1 is 1.24 bits per heavy atom. The summed E-state index contributed by atoms with van der Waals surface area (Å²) in [6.07, 6.45) is 0. The minimum Gasteiger partial charge on any atom is -0.297 e. The molecule has 3 nitrogen and oxygen atoms in total.